The van der Waals surface area contributed by atoms with E-state index in [4.69, 9.17) is 9.16 Å². The zero-order valence-electron chi connectivity index (χ0n) is 12.6. The summed E-state index contributed by atoms with van der Waals surface area (Å²) in [5.74, 6) is -0.299. The van der Waals surface area contributed by atoms with Gasteiger partial charge >= 0.3 is 0 Å². The lowest BCUT2D eigenvalue weighted by atomic mass is 9.80. The average molecular weight is 284 g/mol. The Labute approximate surface area is 116 Å². The molecule has 0 N–H and O–H groups in total. The van der Waals surface area contributed by atoms with Crippen molar-refractivity contribution >= 4 is 20.4 Å². The fourth-order valence-corrected chi connectivity index (χ4v) is 3.97. The number of ether oxygens (including phenoxy) is 1. The molecule has 0 radical (unpaired) electrons. The van der Waals surface area contributed by atoms with E-state index in [-0.39, 0.29) is 22.8 Å². The second kappa shape index (κ2) is 4.23. The van der Waals surface area contributed by atoms with Gasteiger partial charge in [-0.15, -0.1) is 0 Å². The number of hydrogen-bond acceptors (Lipinski definition) is 4. The van der Waals surface area contributed by atoms with Crippen molar-refractivity contribution in [2.45, 2.75) is 70.1 Å². The first-order valence-electron chi connectivity index (χ1n) is 6.91. The minimum absolute atomic E-state index is 0.0492. The van der Waals surface area contributed by atoms with E-state index in [1.54, 1.807) is 0 Å². The number of Topliss-reactive ketones (excluding diaryl/α,β-unsaturated/α-hetero) is 1. The fraction of sp³-hybridized carbons (Fsp3) is 0.857. The fourth-order valence-electron chi connectivity index (χ4n) is 2.64. The molecule has 2 heterocycles. The summed E-state index contributed by atoms with van der Waals surface area (Å²) in [5.41, 5.74) is -1.33. The van der Waals surface area contributed by atoms with Crippen LogP contribution in [0.4, 0.5) is 0 Å². The smallest absolute Gasteiger partial charge is 0.206 e. The highest BCUT2D eigenvalue weighted by molar-refractivity contribution is 6.74. The molecule has 0 aromatic carbocycles. The van der Waals surface area contributed by atoms with Crippen LogP contribution in [-0.2, 0) is 18.8 Å². The van der Waals surface area contributed by atoms with Gasteiger partial charge in [-0.2, -0.15) is 0 Å². The monoisotopic (exact) mass is 284 g/mol. The van der Waals surface area contributed by atoms with Crippen LogP contribution in [0.25, 0.3) is 0 Å². The summed E-state index contributed by atoms with van der Waals surface area (Å²) in [6.07, 6.45) is 0.751. The Bertz CT molecular complexity index is 412. The van der Waals surface area contributed by atoms with Gasteiger partial charge < -0.3 is 9.16 Å². The van der Waals surface area contributed by atoms with Crippen molar-refractivity contribution in [1.82, 2.24) is 0 Å². The number of hydrogen-bond donors (Lipinski definition) is 0. The third-order valence-electron chi connectivity index (χ3n) is 5.05. The molecule has 4 nitrogen and oxygen atoms in total. The molecule has 0 unspecified atom stereocenters. The predicted molar refractivity (Wildman–Crippen MR) is 74.5 cm³/mol. The normalized spacial score (nSPS) is 38.8. The maximum atomic E-state index is 12.2. The Morgan fingerprint density at radius 1 is 1.42 bits per heavy atom. The van der Waals surface area contributed by atoms with E-state index in [0.717, 1.165) is 0 Å². The van der Waals surface area contributed by atoms with Gasteiger partial charge in [-0.3, -0.25) is 9.59 Å². The number of carbonyl (C=O) groups is 2. The lowest BCUT2D eigenvalue weighted by Crippen LogP contribution is -2.56. The zero-order valence-corrected chi connectivity index (χ0v) is 13.6. The molecule has 2 saturated heterocycles. The Kier molecular flexibility index (Phi) is 3.32. The molecule has 0 aromatic heterocycles. The molecule has 5 heteroatoms. The molecule has 0 amide bonds. The van der Waals surface area contributed by atoms with Gasteiger partial charge in [-0.05, 0) is 18.1 Å². The van der Waals surface area contributed by atoms with Crippen molar-refractivity contribution in [3.63, 3.8) is 0 Å². The van der Waals surface area contributed by atoms with E-state index in [0.29, 0.717) is 12.7 Å². The lowest BCUT2D eigenvalue weighted by Gasteiger charge is -2.41. The summed E-state index contributed by atoms with van der Waals surface area (Å²) in [6.45, 7) is 12.5. The molecule has 2 aliphatic rings. The summed E-state index contributed by atoms with van der Waals surface area (Å²) >= 11 is 0. The Balaban J connectivity index is 2.25. The maximum absolute atomic E-state index is 12.2. The molecule has 0 saturated carbocycles. The molecule has 0 aliphatic carbocycles. The molecule has 108 valence electrons. The van der Waals surface area contributed by atoms with Crippen LogP contribution >= 0.6 is 0 Å². The van der Waals surface area contributed by atoms with Crippen LogP contribution in [0.15, 0.2) is 0 Å². The summed E-state index contributed by atoms with van der Waals surface area (Å²) in [5, 5.41) is 0.0492. The number of aldehydes is 1. The highest BCUT2D eigenvalue weighted by atomic mass is 28.4. The van der Waals surface area contributed by atoms with E-state index in [1.165, 1.54) is 0 Å². The standard InChI is InChI=1S/C14H24O4Si/c1-9-10-7-11(14(8-15,17-10)12(9)16)18-19(5,6)13(2,3)4/h8-11H,7H2,1-6H3/t9-,10+,11+,14-/m0/s1. The molecule has 19 heavy (non-hydrogen) atoms. The van der Waals surface area contributed by atoms with Crippen LogP contribution in [0.1, 0.15) is 34.1 Å². The Hall–Kier alpha value is -0.523. The van der Waals surface area contributed by atoms with Gasteiger partial charge in [0.25, 0.3) is 0 Å². The van der Waals surface area contributed by atoms with Gasteiger partial charge in [0.05, 0.1) is 12.2 Å². The van der Waals surface area contributed by atoms with E-state index < -0.39 is 20.0 Å². The number of fused-ring (bicyclic) bond motifs is 2. The number of ketones is 1. The van der Waals surface area contributed by atoms with Crippen molar-refractivity contribution in [2.24, 2.45) is 5.92 Å². The second-order valence-electron chi connectivity index (χ2n) is 7.32. The Morgan fingerprint density at radius 3 is 2.42 bits per heavy atom. The Morgan fingerprint density at radius 2 is 2.00 bits per heavy atom. The highest BCUT2D eigenvalue weighted by Crippen LogP contribution is 2.48. The van der Waals surface area contributed by atoms with Gasteiger partial charge in [0.15, 0.2) is 20.4 Å². The molecule has 2 fully saturated rings. The molecule has 2 rings (SSSR count). The molecular formula is C14H24O4Si. The van der Waals surface area contributed by atoms with E-state index in [2.05, 4.69) is 33.9 Å². The first kappa shape index (κ1) is 14.9. The van der Waals surface area contributed by atoms with E-state index >= 15 is 0 Å². The van der Waals surface area contributed by atoms with Crippen LogP contribution in [0.2, 0.25) is 18.1 Å². The first-order chi connectivity index (χ1) is 8.55. The second-order valence-corrected chi connectivity index (χ2v) is 12.1. The van der Waals surface area contributed by atoms with Crippen LogP contribution in [0.3, 0.4) is 0 Å². The molecule has 4 atom stereocenters. The third kappa shape index (κ3) is 2.02. The third-order valence-corrected chi connectivity index (χ3v) is 9.53. The molecule has 2 bridgehead atoms. The van der Waals surface area contributed by atoms with Gasteiger partial charge in [-0.1, -0.05) is 27.7 Å². The van der Waals surface area contributed by atoms with Crippen LogP contribution in [0, 0.1) is 5.92 Å². The number of rotatable bonds is 3. The molecular weight excluding hydrogens is 260 g/mol. The first-order valence-corrected chi connectivity index (χ1v) is 9.82. The van der Waals surface area contributed by atoms with Crippen molar-refractivity contribution < 1.29 is 18.8 Å². The van der Waals surface area contributed by atoms with E-state index in [9.17, 15) is 9.59 Å². The van der Waals surface area contributed by atoms with Crippen molar-refractivity contribution in [2.75, 3.05) is 0 Å². The summed E-state index contributed by atoms with van der Waals surface area (Å²) in [6, 6.07) is 0. The van der Waals surface area contributed by atoms with Crippen LogP contribution in [-0.4, -0.2) is 38.2 Å². The maximum Gasteiger partial charge on any atom is 0.206 e. The van der Waals surface area contributed by atoms with Crippen LogP contribution < -0.4 is 0 Å². The average Bonchev–Trinajstić information content (AvgIpc) is 2.74. The van der Waals surface area contributed by atoms with Crippen molar-refractivity contribution in [3.8, 4) is 0 Å². The zero-order chi connectivity index (χ0) is 14.6. The predicted octanol–water partition coefficient (Wildman–Crippen LogP) is 2.32. The lowest BCUT2D eigenvalue weighted by molar-refractivity contribution is -0.145. The van der Waals surface area contributed by atoms with Crippen molar-refractivity contribution in [3.05, 3.63) is 0 Å². The van der Waals surface area contributed by atoms with Gasteiger partial charge in [-0.25, -0.2) is 0 Å². The SMILES string of the molecule is C[C@@H]1C(=O)[C@@]2(C=O)O[C@@H]1C[C@H]2O[Si](C)(C)C(C)(C)C. The van der Waals surface area contributed by atoms with Gasteiger partial charge in [0.1, 0.15) is 0 Å². The summed E-state index contributed by atoms with van der Waals surface area (Å²) in [4.78, 5) is 23.7. The number of carbonyl (C=O) groups excluding carboxylic acids is 2. The summed E-state index contributed by atoms with van der Waals surface area (Å²) in [7, 11) is -2.01. The van der Waals surface area contributed by atoms with Crippen molar-refractivity contribution in [1.29, 1.82) is 0 Å². The molecule has 2 aliphatic heterocycles. The summed E-state index contributed by atoms with van der Waals surface area (Å²) < 4.78 is 12.0. The minimum atomic E-state index is -2.01. The quantitative estimate of drug-likeness (QED) is 0.453. The topological polar surface area (TPSA) is 52.6 Å². The van der Waals surface area contributed by atoms with Gasteiger partial charge in [0, 0.05) is 12.3 Å². The molecule has 0 aromatic rings. The minimum Gasteiger partial charge on any atom is -0.410 e. The molecule has 0 spiro atoms. The van der Waals surface area contributed by atoms with E-state index in [1.807, 2.05) is 6.92 Å². The van der Waals surface area contributed by atoms with Gasteiger partial charge in [0.2, 0.25) is 5.60 Å². The largest absolute Gasteiger partial charge is 0.410 e. The highest BCUT2D eigenvalue weighted by Gasteiger charge is 2.65. The van der Waals surface area contributed by atoms with Crippen LogP contribution in [0.5, 0.6) is 0 Å².